The molecule has 0 saturated heterocycles. The van der Waals surface area contributed by atoms with E-state index in [4.69, 9.17) is 5.73 Å². The summed E-state index contributed by atoms with van der Waals surface area (Å²) in [6.45, 7) is 1.89. The van der Waals surface area contributed by atoms with Crippen molar-refractivity contribution in [2.45, 2.75) is 44.2 Å². The number of hydrogen-bond donors (Lipinski definition) is 1. The average Bonchev–Trinajstić information content (AvgIpc) is 3.18. The number of benzene rings is 1. The second kappa shape index (κ2) is 4.34. The van der Waals surface area contributed by atoms with Crippen LogP contribution in [0.1, 0.15) is 43.4 Å². The van der Waals surface area contributed by atoms with Gasteiger partial charge in [-0.25, -0.2) is 0 Å². The summed E-state index contributed by atoms with van der Waals surface area (Å²) in [7, 11) is 1.91. The second-order valence-electron chi connectivity index (χ2n) is 6.23. The largest absolute Gasteiger partial charge is 0.337 e. The van der Waals surface area contributed by atoms with Crippen molar-refractivity contribution in [1.82, 2.24) is 4.90 Å². The molecule has 0 heterocycles. The number of likely N-dealkylation sites (N-methyl/N-ethyl adjacent to an activating group) is 1. The van der Waals surface area contributed by atoms with Crippen LogP contribution < -0.4 is 5.73 Å². The first-order valence-electron chi connectivity index (χ1n) is 7.15. The van der Waals surface area contributed by atoms with Crippen LogP contribution in [0.5, 0.6) is 0 Å². The van der Waals surface area contributed by atoms with E-state index in [1.807, 2.05) is 18.9 Å². The van der Waals surface area contributed by atoms with Crippen LogP contribution in [0, 0.1) is 5.92 Å². The highest BCUT2D eigenvalue weighted by Gasteiger charge is 2.46. The lowest BCUT2D eigenvalue weighted by Crippen LogP contribution is -2.54. The van der Waals surface area contributed by atoms with Crippen LogP contribution in [0.25, 0.3) is 0 Å². The van der Waals surface area contributed by atoms with Crippen molar-refractivity contribution in [2.75, 3.05) is 7.05 Å². The Labute approximate surface area is 114 Å². The van der Waals surface area contributed by atoms with Gasteiger partial charge in [-0.3, -0.25) is 4.79 Å². The molecule has 3 nitrogen and oxygen atoms in total. The van der Waals surface area contributed by atoms with Crippen LogP contribution >= 0.6 is 0 Å². The van der Waals surface area contributed by atoms with E-state index in [0.717, 1.165) is 25.7 Å². The third-order valence-electron chi connectivity index (χ3n) is 4.78. The average molecular weight is 258 g/mol. The fourth-order valence-corrected chi connectivity index (χ4v) is 3.32. The summed E-state index contributed by atoms with van der Waals surface area (Å²) in [6, 6.07) is 8.63. The van der Waals surface area contributed by atoms with Crippen molar-refractivity contribution in [1.29, 1.82) is 0 Å². The number of hydrogen-bond acceptors (Lipinski definition) is 2. The van der Waals surface area contributed by atoms with Gasteiger partial charge in [0.05, 0.1) is 11.6 Å². The molecule has 2 atom stereocenters. The predicted octanol–water partition coefficient (Wildman–Crippen LogP) is 2.26. The Morgan fingerprint density at radius 3 is 2.68 bits per heavy atom. The Bertz CT molecular complexity index is 505. The third kappa shape index (κ3) is 2.06. The molecule has 3 heteroatoms. The molecule has 0 bridgehead atoms. The van der Waals surface area contributed by atoms with Crippen molar-refractivity contribution in [3.8, 4) is 0 Å². The van der Waals surface area contributed by atoms with Crippen LogP contribution in [0.2, 0.25) is 0 Å². The summed E-state index contributed by atoms with van der Waals surface area (Å²) in [5.41, 5.74) is 8.24. The Kier molecular flexibility index (Phi) is 2.90. The quantitative estimate of drug-likeness (QED) is 0.904. The molecule has 0 spiro atoms. The van der Waals surface area contributed by atoms with Crippen molar-refractivity contribution in [2.24, 2.45) is 11.7 Å². The maximum atomic E-state index is 12.6. The molecule has 3 rings (SSSR count). The maximum absolute atomic E-state index is 12.6. The predicted molar refractivity (Wildman–Crippen MR) is 75.6 cm³/mol. The summed E-state index contributed by atoms with van der Waals surface area (Å²) in [6.07, 6.45) is 4.26. The lowest BCUT2D eigenvalue weighted by Gasteiger charge is -2.33. The molecule has 1 saturated carbocycles. The molecule has 2 unspecified atom stereocenters. The SMILES string of the molecule is CN(C(=O)C(C)(N)C1CC1)C1CCc2ccccc21. The minimum atomic E-state index is -0.688. The number of carbonyl (C=O) groups is 1. The van der Waals surface area contributed by atoms with Crippen molar-refractivity contribution < 1.29 is 4.79 Å². The summed E-state index contributed by atoms with van der Waals surface area (Å²) in [5.74, 6) is 0.468. The number of carbonyl (C=O) groups excluding carboxylic acids is 1. The lowest BCUT2D eigenvalue weighted by molar-refractivity contribution is -0.138. The van der Waals surface area contributed by atoms with Crippen LogP contribution in [-0.4, -0.2) is 23.4 Å². The summed E-state index contributed by atoms with van der Waals surface area (Å²) in [4.78, 5) is 14.5. The van der Waals surface area contributed by atoms with Crippen LogP contribution in [0.15, 0.2) is 24.3 Å². The van der Waals surface area contributed by atoms with Gasteiger partial charge >= 0.3 is 0 Å². The monoisotopic (exact) mass is 258 g/mol. The van der Waals surface area contributed by atoms with E-state index in [9.17, 15) is 4.79 Å². The molecule has 2 aliphatic rings. The lowest BCUT2D eigenvalue weighted by atomic mass is 9.94. The maximum Gasteiger partial charge on any atom is 0.242 e. The van der Waals surface area contributed by atoms with Gasteiger partial charge in [-0.15, -0.1) is 0 Å². The smallest absolute Gasteiger partial charge is 0.242 e. The highest BCUT2D eigenvalue weighted by Crippen LogP contribution is 2.41. The van der Waals surface area contributed by atoms with Gasteiger partial charge in [0.15, 0.2) is 0 Å². The molecule has 0 radical (unpaired) electrons. The molecule has 102 valence electrons. The van der Waals surface area contributed by atoms with Crippen LogP contribution in [0.3, 0.4) is 0 Å². The normalized spacial score (nSPS) is 24.7. The number of nitrogens with zero attached hydrogens (tertiary/aromatic N) is 1. The molecular weight excluding hydrogens is 236 g/mol. The zero-order chi connectivity index (χ0) is 13.6. The summed E-state index contributed by atoms with van der Waals surface area (Å²) >= 11 is 0. The van der Waals surface area contributed by atoms with Gasteiger partial charge in [-0.2, -0.15) is 0 Å². The van der Waals surface area contributed by atoms with Gasteiger partial charge in [0.25, 0.3) is 0 Å². The van der Waals surface area contributed by atoms with Gasteiger partial charge in [0, 0.05) is 7.05 Å². The van der Waals surface area contributed by atoms with Crippen molar-refractivity contribution in [3.05, 3.63) is 35.4 Å². The summed E-state index contributed by atoms with van der Waals surface area (Å²) < 4.78 is 0. The first kappa shape index (κ1) is 12.7. The number of rotatable bonds is 3. The third-order valence-corrected chi connectivity index (χ3v) is 4.78. The Balaban J connectivity index is 1.82. The molecule has 19 heavy (non-hydrogen) atoms. The van der Waals surface area contributed by atoms with Crippen LogP contribution in [0.4, 0.5) is 0 Å². The van der Waals surface area contributed by atoms with E-state index < -0.39 is 5.54 Å². The number of aryl methyl sites for hydroxylation is 1. The minimum Gasteiger partial charge on any atom is -0.337 e. The molecular formula is C16H22N2O. The van der Waals surface area contributed by atoms with E-state index >= 15 is 0 Å². The molecule has 1 aromatic rings. The van der Waals surface area contributed by atoms with Crippen molar-refractivity contribution >= 4 is 5.91 Å². The molecule has 2 aliphatic carbocycles. The van der Waals surface area contributed by atoms with E-state index in [2.05, 4.69) is 24.3 Å². The second-order valence-corrected chi connectivity index (χ2v) is 6.23. The molecule has 0 aliphatic heterocycles. The topological polar surface area (TPSA) is 46.3 Å². The first-order valence-corrected chi connectivity index (χ1v) is 7.15. The Morgan fingerprint density at radius 1 is 1.32 bits per heavy atom. The van der Waals surface area contributed by atoms with Gasteiger partial charge in [0.1, 0.15) is 0 Å². The zero-order valence-corrected chi connectivity index (χ0v) is 11.7. The van der Waals surface area contributed by atoms with Crippen LogP contribution in [-0.2, 0) is 11.2 Å². The van der Waals surface area contributed by atoms with E-state index in [0.29, 0.717) is 5.92 Å². The number of amides is 1. The molecule has 2 N–H and O–H groups in total. The first-order chi connectivity index (χ1) is 9.01. The number of nitrogens with two attached hydrogens (primary N) is 1. The highest BCUT2D eigenvalue weighted by atomic mass is 16.2. The fourth-order valence-electron chi connectivity index (χ4n) is 3.32. The van der Waals surface area contributed by atoms with E-state index in [1.165, 1.54) is 11.1 Å². The molecule has 1 fully saturated rings. The minimum absolute atomic E-state index is 0.0942. The van der Waals surface area contributed by atoms with Gasteiger partial charge < -0.3 is 10.6 Å². The van der Waals surface area contributed by atoms with Gasteiger partial charge in [-0.1, -0.05) is 24.3 Å². The van der Waals surface area contributed by atoms with E-state index in [-0.39, 0.29) is 11.9 Å². The molecule has 1 amide bonds. The summed E-state index contributed by atoms with van der Waals surface area (Å²) in [5, 5.41) is 0. The standard InChI is InChI=1S/C16H22N2O/c1-16(17,12-8-9-12)15(19)18(2)14-10-7-11-5-3-4-6-13(11)14/h3-6,12,14H,7-10,17H2,1-2H3. The number of fused-ring (bicyclic) bond motifs is 1. The Hall–Kier alpha value is -1.35. The fraction of sp³-hybridized carbons (Fsp3) is 0.562. The van der Waals surface area contributed by atoms with Gasteiger partial charge in [0.2, 0.25) is 5.91 Å². The highest BCUT2D eigenvalue weighted by molar-refractivity contribution is 5.86. The van der Waals surface area contributed by atoms with Crippen molar-refractivity contribution in [3.63, 3.8) is 0 Å². The Morgan fingerprint density at radius 2 is 2.00 bits per heavy atom. The van der Waals surface area contributed by atoms with E-state index in [1.54, 1.807) is 0 Å². The van der Waals surface area contributed by atoms with Gasteiger partial charge in [-0.05, 0) is 49.7 Å². The zero-order valence-electron chi connectivity index (χ0n) is 11.7. The molecule has 0 aromatic heterocycles. The molecule has 1 aromatic carbocycles.